The number of hydrogen-bond acceptors (Lipinski definition) is 3. The number of hydrogen-bond donors (Lipinski definition) is 0. The van der Waals surface area contributed by atoms with Crippen LogP contribution in [0.25, 0.3) is 0 Å². The maximum atomic E-state index is 5.88. The Morgan fingerprint density at radius 2 is 2.43 bits per heavy atom. The van der Waals surface area contributed by atoms with E-state index in [4.69, 9.17) is 11.6 Å². The van der Waals surface area contributed by atoms with E-state index >= 15 is 0 Å². The minimum atomic E-state index is 0.595. The number of aromatic nitrogens is 1. The van der Waals surface area contributed by atoms with E-state index in [1.165, 1.54) is 12.2 Å². The van der Waals surface area contributed by atoms with Crippen molar-refractivity contribution in [1.29, 1.82) is 0 Å². The zero-order valence-corrected chi connectivity index (χ0v) is 9.26. The van der Waals surface area contributed by atoms with E-state index in [9.17, 15) is 0 Å². The van der Waals surface area contributed by atoms with Crippen molar-refractivity contribution in [3.05, 3.63) is 23.4 Å². The van der Waals surface area contributed by atoms with Crippen molar-refractivity contribution in [3.8, 4) is 0 Å². The topological polar surface area (TPSA) is 16.1 Å². The first-order valence-electron chi connectivity index (χ1n) is 4.84. The highest BCUT2D eigenvalue weighted by Crippen LogP contribution is 2.39. The molecule has 2 bridgehead atoms. The van der Waals surface area contributed by atoms with Gasteiger partial charge in [0.2, 0.25) is 0 Å². The van der Waals surface area contributed by atoms with Crippen LogP contribution in [0.1, 0.15) is 6.42 Å². The van der Waals surface area contributed by atoms with E-state index in [0.29, 0.717) is 11.2 Å². The Bertz CT molecular complexity index is 358. The number of nitrogens with zero attached hydrogens (tertiary/aromatic N) is 2. The summed E-state index contributed by atoms with van der Waals surface area (Å²) in [4.78, 5) is 6.75. The Labute approximate surface area is 92.7 Å². The van der Waals surface area contributed by atoms with E-state index in [0.717, 1.165) is 17.6 Å². The summed E-state index contributed by atoms with van der Waals surface area (Å²) in [6.45, 7) is 1.14. The van der Waals surface area contributed by atoms with Crippen molar-refractivity contribution >= 4 is 29.2 Å². The summed E-state index contributed by atoms with van der Waals surface area (Å²) in [5.41, 5.74) is 0. The van der Waals surface area contributed by atoms with Gasteiger partial charge in [0.05, 0.1) is 0 Å². The van der Waals surface area contributed by atoms with Crippen LogP contribution in [0.15, 0.2) is 18.2 Å². The second-order valence-electron chi connectivity index (χ2n) is 3.82. The maximum absolute atomic E-state index is 5.88. The standard InChI is InChI=1S/C10H11ClN2S/c11-9-2-1-3-10(12-9)13-5-8-4-7(13)6-14-8/h1-3,7-8H,4-6H2. The number of halogens is 1. The molecule has 2 aliphatic rings. The first-order valence-corrected chi connectivity index (χ1v) is 6.26. The Hall–Kier alpha value is -0.410. The number of thioether (sulfide) groups is 1. The van der Waals surface area contributed by atoms with Crippen molar-refractivity contribution < 1.29 is 0 Å². The van der Waals surface area contributed by atoms with Gasteiger partial charge < -0.3 is 4.90 Å². The summed E-state index contributed by atoms with van der Waals surface area (Å²) in [6, 6.07) is 6.55. The average Bonchev–Trinajstić information content (AvgIpc) is 2.78. The first kappa shape index (κ1) is 8.86. The Morgan fingerprint density at radius 1 is 1.50 bits per heavy atom. The van der Waals surface area contributed by atoms with Crippen LogP contribution in [0.5, 0.6) is 0 Å². The molecule has 0 aromatic carbocycles. The third kappa shape index (κ3) is 1.39. The van der Waals surface area contributed by atoms with Gasteiger partial charge in [-0.05, 0) is 18.6 Å². The summed E-state index contributed by atoms with van der Waals surface area (Å²) in [5, 5.41) is 1.42. The molecule has 3 heterocycles. The number of pyridine rings is 1. The lowest BCUT2D eigenvalue weighted by molar-refractivity contribution is 0.752. The van der Waals surface area contributed by atoms with Gasteiger partial charge in [-0.25, -0.2) is 4.98 Å². The minimum absolute atomic E-state index is 0.595. The summed E-state index contributed by atoms with van der Waals surface area (Å²) in [6.07, 6.45) is 1.32. The molecule has 14 heavy (non-hydrogen) atoms. The lowest BCUT2D eigenvalue weighted by Gasteiger charge is -2.27. The predicted octanol–water partition coefficient (Wildman–Crippen LogP) is 2.43. The van der Waals surface area contributed by atoms with Crippen LogP contribution in [-0.4, -0.2) is 28.6 Å². The largest absolute Gasteiger partial charge is 0.352 e. The number of fused-ring (bicyclic) bond motifs is 2. The molecule has 1 aromatic heterocycles. The fourth-order valence-electron chi connectivity index (χ4n) is 2.24. The lowest BCUT2D eigenvalue weighted by atomic mass is 10.2. The lowest BCUT2D eigenvalue weighted by Crippen LogP contribution is -2.34. The zero-order valence-electron chi connectivity index (χ0n) is 7.69. The molecule has 4 heteroatoms. The van der Waals surface area contributed by atoms with Crippen LogP contribution < -0.4 is 4.90 Å². The predicted molar refractivity (Wildman–Crippen MR) is 61.2 cm³/mol. The van der Waals surface area contributed by atoms with Crippen molar-refractivity contribution in [2.24, 2.45) is 0 Å². The van der Waals surface area contributed by atoms with Gasteiger partial charge in [-0.15, -0.1) is 0 Å². The molecule has 0 radical (unpaired) electrons. The van der Waals surface area contributed by atoms with Gasteiger partial charge >= 0.3 is 0 Å². The van der Waals surface area contributed by atoms with Gasteiger partial charge in [0.1, 0.15) is 11.0 Å². The molecule has 3 rings (SSSR count). The SMILES string of the molecule is Clc1cccc(N2CC3CC2CS3)n1. The molecule has 74 valence electrons. The molecule has 0 spiro atoms. The Balaban J connectivity index is 1.89. The van der Waals surface area contributed by atoms with Crippen molar-refractivity contribution in [3.63, 3.8) is 0 Å². The second kappa shape index (κ2) is 3.31. The molecule has 2 atom stereocenters. The summed E-state index contributed by atoms with van der Waals surface area (Å²) in [7, 11) is 0. The van der Waals surface area contributed by atoms with Gasteiger partial charge in [0, 0.05) is 23.6 Å². The molecule has 1 aromatic rings. The molecule has 2 saturated heterocycles. The highest BCUT2D eigenvalue weighted by molar-refractivity contribution is 8.00. The second-order valence-corrected chi connectivity index (χ2v) is 5.54. The number of anilines is 1. The minimum Gasteiger partial charge on any atom is -0.352 e. The average molecular weight is 227 g/mol. The van der Waals surface area contributed by atoms with E-state index in [2.05, 4.69) is 27.7 Å². The third-order valence-corrected chi connectivity index (χ3v) is 4.50. The van der Waals surface area contributed by atoms with Gasteiger partial charge in [0.15, 0.2) is 0 Å². The van der Waals surface area contributed by atoms with Crippen LogP contribution in [0.3, 0.4) is 0 Å². The highest BCUT2D eigenvalue weighted by Gasteiger charge is 2.38. The molecule has 2 aliphatic heterocycles. The first-order chi connectivity index (χ1) is 6.83. The fourth-order valence-corrected chi connectivity index (χ4v) is 3.83. The van der Waals surface area contributed by atoms with E-state index in [-0.39, 0.29) is 0 Å². The van der Waals surface area contributed by atoms with Crippen LogP contribution in [0.2, 0.25) is 5.15 Å². The molecule has 0 N–H and O–H groups in total. The monoisotopic (exact) mass is 226 g/mol. The molecule has 0 saturated carbocycles. The fraction of sp³-hybridized carbons (Fsp3) is 0.500. The van der Waals surface area contributed by atoms with E-state index in [1.54, 1.807) is 0 Å². The van der Waals surface area contributed by atoms with Gasteiger partial charge in [-0.2, -0.15) is 11.8 Å². The van der Waals surface area contributed by atoms with Crippen LogP contribution >= 0.6 is 23.4 Å². The van der Waals surface area contributed by atoms with E-state index in [1.807, 2.05) is 12.1 Å². The third-order valence-electron chi connectivity index (χ3n) is 2.90. The van der Waals surface area contributed by atoms with Gasteiger partial charge in [0.25, 0.3) is 0 Å². The molecule has 0 aliphatic carbocycles. The van der Waals surface area contributed by atoms with Crippen molar-refractivity contribution in [1.82, 2.24) is 4.98 Å². The van der Waals surface area contributed by atoms with Crippen LogP contribution in [0, 0.1) is 0 Å². The van der Waals surface area contributed by atoms with Crippen LogP contribution in [0.4, 0.5) is 5.82 Å². The van der Waals surface area contributed by atoms with Crippen molar-refractivity contribution in [2.75, 3.05) is 17.2 Å². The summed E-state index contributed by atoms with van der Waals surface area (Å²) in [5.74, 6) is 2.30. The quantitative estimate of drug-likeness (QED) is 0.685. The Kier molecular flexibility index (Phi) is 2.10. The number of rotatable bonds is 1. The van der Waals surface area contributed by atoms with E-state index < -0.39 is 0 Å². The Morgan fingerprint density at radius 3 is 3.07 bits per heavy atom. The summed E-state index contributed by atoms with van der Waals surface area (Å²) < 4.78 is 0. The zero-order chi connectivity index (χ0) is 9.54. The maximum Gasteiger partial charge on any atom is 0.131 e. The molecule has 2 fully saturated rings. The molecular weight excluding hydrogens is 216 g/mol. The molecular formula is C10H11ClN2S. The summed E-state index contributed by atoms with van der Waals surface area (Å²) >= 11 is 7.97. The highest BCUT2D eigenvalue weighted by atomic mass is 35.5. The van der Waals surface area contributed by atoms with Gasteiger partial charge in [-0.1, -0.05) is 17.7 Å². The van der Waals surface area contributed by atoms with Gasteiger partial charge in [-0.3, -0.25) is 0 Å². The molecule has 2 unspecified atom stereocenters. The molecule has 0 amide bonds. The van der Waals surface area contributed by atoms with Crippen LogP contribution in [-0.2, 0) is 0 Å². The molecule has 2 nitrogen and oxygen atoms in total. The normalized spacial score (nSPS) is 29.9. The van der Waals surface area contributed by atoms with Crippen molar-refractivity contribution in [2.45, 2.75) is 17.7 Å². The smallest absolute Gasteiger partial charge is 0.131 e.